The van der Waals surface area contributed by atoms with E-state index in [0.717, 1.165) is 11.3 Å². The first-order valence-electron chi connectivity index (χ1n) is 12.0. The van der Waals surface area contributed by atoms with Gasteiger partial charge in [0.1, 0.15) is 17.9 Å². The molecule has 0 radical (unpaired) electrons. The fourth-order valence-corrected chi connectivity index (χ4v) is 4.65. The maximum absolute atomic E-state index is 13.1. The maximum atomic E-state index is 13.1. The smallest absolute Gasteiger partial charge is 0.415 e. The Morgan fingerprint density at radius 1 is 1.11 bits per heavy atom. The molecule has 2 aliphatic heterocycles. The van der Waals surface area contributed by atoms with Gasteiger partial charge < -0.3 is 19.1 Å². The van der Waals surface area contributed by atoms with Crippen LogP contribution in [-0.4, -0.2) is 73.5 Å². The molecule has 2 saturated heterocycles. The third-order valence-electron chi connectivity index (χ3n) is 6.09. The summed E-state index contributed by atoms with van der Waals surface area (Å²) >= 11 is 6.09. The largest absolute Gasteiger partial charge is 0.491 e. The van der Waals surface area contributed by atoms with Crippen molar-refractivity contribution in [2.45, 2.75) is 39.0 Å². The van der Waals surface area contributed by atoms with Crippen LogP contribution in [0.4, 0.5) is 15.3 Å². The first-order valence-corrected chi connectivity index (χ1v) is 12.4. The number of carbonyl (C=O) groups excluding carboxylic acids is 2. The number of hydrogen-bond acceptors (Lipinski definition) is 6. The Bertz CT molecular complexity index is 1020. The average Bonchev–Trinajstić information content (AvgIpc) is 3.15. The number of benzene rings is 2. The number of cyclic esters (lactones) is 1. The van der Waals surface area contributed by atoms with Crippen LogP contribution in [0.3, 0.4) is 0 Å². The van der Waals surface area contributed by atoms with Crippen molar-refractivity contribution in [3.63, 3.8) is 0 Å². The van der Waals surface area contributed by atoms with Crippen molar-refractivity contribution < 1.29 is 23.8 Å². The van der Waals surface area contributed by atoms with E-state index in [1.807, 2.05) is 50.2 Å². The Kier molecular flexibility index (Phi) is 8.03. The van der Waals surface area contributed by atoms with Gasteiger partial charge in [0.2, 0.25) is 0 Å². The molecule has 8 nitrogen and oxygen atoms in total. The van der Waals surface area contributed by atoms with E-state index < -0.39 is 12.2 Å². The van der Waals surface area contributed by atoms with Gasteiger partial charge >= 0.3 is 12.2 Å². The molecule has 35 heavy (non-hydrogen) atoms. The second-order valence-electron chi connectivity index (χ2n) is 8.94. The predicted octanol–water partition coefficient (Wildman–Crippen LogP) is 4.97. The van der Waals surface area contributed by atoms with Crippen molar-refractivity contribution >= 4 is 29.5 Å². The summed E-state index contributed by atoms with van der Waals surface area (Å²) in [4.78, 5) is 30.8. The number of anilines is 1. The van der Waals surface area contributed by atoms with Gasteiger partial charge in [-0.05, 0) is 62.7 Å². The Morgan fingerprint density at radius 3 is 2.49 bits per heavy atom. The standard InChI is InChI=1S/C26H32ClN3O5/c1-4-33-25(31)29-14-12-28(13-15-29)17-23-24(19-6-5-7-22(16-19)34-18(2)3)30(26(32)35-23)21-10-8-20(27)9-11-21/h5-11,16,18,23-24H,4,12-15,17H2,1-3H3/t23-,24-/m0/s1. The molecule has 2 aromatic carbocycles. The van der Waals surface area contributed by atoms with Crippen LogP contribution in [0.5, 0.6) is 5.75 Å². The molecule has 188 valence electrons. The van der Waals surface area contributed by atoms with E-state index in [1.54, 1.807) is 28.9 Å². The lowest BCUT2D eigenvalue weighted by molar-refractivity contribution is 0.0561. The average molecular weight is 502 g/mol. The summed E-state index contributed by atoms with van der Waals surface area (Å²) in [5.41, 5.74) is 1.65. The number of piperazine rings is 1. The summed E-state index contributed by atoms with van der Waals surface area (Å²) in [6, 6.07) is 14.7. The fraction of sp³-hybridized carbons (Fsp3) is 0.462. The van der Waals surface area contributed by atoms with E-state index in [4.69, 9.17) is 25.8 Å². The molecule has 2 fully saturated rings. The second-order valence-corrected chi connectivity index (χ2v) is 9.38. The summed E-state index contributed by atoms with van der Waals surface area (Å²) in [7, 11) is 0. The highest BCUT2D eigenvalue weighted by atomic mass is 35.5. The number of hydrogen-bond donors (Lipinski definition) is 0. The lowest BCUT2D eigenvalue weighted by atomic mass is 9.99. The number of ether oxygens (including phenoxy) is 3. The summed E-state index contributed by atoms with van der Waals surface area (Å²) in [6.07, 6.45) is -1.05. The van der Waals surface area contributed by atoms with Crippen molar-refractivity contribution in [3.8, 4) is 5.75 Å². The molecule has 0 aromatic heterocycles. The van der Waals surface area contributed by atoms with Crippen LogP contribution in [0, 0.1) is 0 Å². The SMILES string of the molecule is CCOC(=O)N1CCN(C[C@@H]2OC(=O)N(c3ccc(Cl)cc3)[C@H]2c2cccc(OC(C)C)c2)CC1. The minimum absolute atomic E-state index is 0.0329. The highest BCUT2D eigenvalue weighted by molar-refractivity contribution is 6.30. The molecular weight excluding hydrogens is 470 g/mol. The minimum atomic E-state index is -0.401. The van der Waals surface area contributed by atoms with Crippen LogP contribution in [-0.2, 0) is 9.47 Å². The summed E-state index contributed by atoms with van der Waals surface area (Å²) in [5, 5.41) is 0.598. The molecule has 2 amide bonds. The summed E-state index contributed by atoms with van der Waals surface area (Å²) in [5.74, 6) is 0.745. The number of amides is 2. The normalized spacial score (nSPS) is 20.8. The van der Waals surface area contributed by atoms with Crippen LogP contribution in [0.1, 0.15) is 32.4 Å². The molecule has 2 aliphatic rings. The topological polar surface area (TPSA) is 71.6 Å². The van der Waals surface area contributed by atoms with E-state index in [9.17, 15) is 9.59 Å². The quantitative estimate of drug-likeness (QED) is 0.533. The van der Waals surface area contributed by atoms with E-state index in [2.05, 4.69) is 4.90 Å². The first-order chi connectivity index (χ1) is 16.9. The van der Waals surface area contributed by atoms with Crippen LogP contribution < -0.4 is 9.64 Å². The maximum Gasteiger partial charge on any atom is 0.415 e. The van der Waals surface area contributed by atoms with Crippen molar-refractivity contribution in [2.24, 2.45) is 0 Å². The molecule has 4 rings (SSSR count). The number of nitrogens with zero attached hydrogens (tertiary/aromatic N) is 3. The molecule has 2 heterocycles. The number of carbonyl (C=O) groups is 2. The van der Waals surface area contributed by atoms with E-state index in [-0.39, 0.29) is 18.2 Å². The van der Waals surface area contributed by atoms with Gasteiger partial charge in [0.25, 0.3) is 0 Å². The van der Waals surface area contributed by atoms with Gasteiger partial charge in [-0.2, -0.15) is 0 Å². The zero-order valence-corrected chi connectivity index (χ0v) is 21.1. The van der Waals surface area contributed by atoms with E-state index in [0.29, 0.717) is 50.0 Å². The summed E-state index contributed by atoms with van der Waals surface area (Å²) < 4.78 is 17.0. The van der Waals surface area contributed by atoms with Crippen LogP contribution in [0.2, 0.25) is 5.02 Å². The van der Waals surface area contributed by atoms with Gasteiger partial charge in [0.15, 0.2) is 0 Å². The second kappa shape index (κ2) is 11.2. The lowest BCUT2D eigenvalue weighted by Crippen LogP contribution is -2.51. The Morgan fingerprint density at radius 2 is 1.83 bits per heavy atom. The van der Waals surface area contributed by atoms with Gasteiger partial charge in [-0.25, -0.2) is 9.59 Å². The highest BCUT2D eigenvalue weighted by Crippen LogP contribution is 2.39. The first kappa shape index (κ1) is 25.1. The van der Waals surface area contributed by atoms with Crippen molar-refractivity contribution in [1.29, 1.82) is 0 Å². The van der Waals surface area contributed by atoms with E-state index >= 15 is 0 Å². The highest BCUT2D eigenvalue weighted by Gasteiger charge is 2.44. The van der Waals surface area contributed by atoms with Crippen molar-refractivity contribution in [1.82, 2.24) is 9.80 Å². The Labute approximate surface area is 211 Å². The molecule has 0 spiro atoms. The molecular formula is C26H32ClN3O5. The van der Waals surface area contributed by atoms with Gasteiger partial charge in [-0.1, -0.05) is 23.7 Å². The van der Waals surface area contributed by atoms with Crippen LogP contribution in [0.15, 0.2) is 48.5 Å². The fourth-order valence-electron chi connectivity index (χ4n) is 4.53. The third-order valence-corrected chi connectivity index (χ3v) is 6.34. The lowest BCUT2D eigenvalue weighted by Gasteiger charge is -2.36. The molecule has 9 heteroatoms. The number of rotatable bonds is 7. The number of halogens is 1. The third kappa shape index (κ3) is 6.00. The van der Waals surface area contributed by atoms with Crippen molar-refractivity contribution in [2.75, 3.05) is 44.2 Å². The molecule has 2 aromatic rings. The molecule has 0 aliphatic carbocycles. The summed E-state index contributed by atoms with van der Waals surface area (Å²) in [6.45, 7) is 9.17. The molecule has 2 atom stereocenters. The van der Waals surface area contributed by atoms with Crippen LogP contribution in [0.25, 0.3) is 0 Å². The predicted molar refractivity (Wildman–Crippen MR) is 134 cm³/mol. The van der Waals surface area contributed by atoms with Crippen molar-refractivity contribution in [3.05, 3.63) is 59.1 Å². The van der Waals surface area contributed by atoms with E-state index in [1.165, 1.54) is 0 Å². The van der Waals surface area contributed by atoms with Gasteiger partial charge in [-0.3, -0.25) is 9.80 Å². The zero-order chi connectivity index (χ0) is 24.9. The molecule has 0 N–H and O–H groups in total. The van der Waals surface area contributed by atoms with Gasteiger partial charge in [0.05, 0.1) is 12.7 Å². The van der Waals surface area contributed by atoms with Gasteiger partial charge in [0, 0.05) is 43.4 Å². The minimum Gasteiger partial charge on any atom is -0.491 e. The zero-order valence-electron chi connectivity index (χ0n) is 20.4. The Balaban J connectivity index is 1.57. The monoisotopic (exact) mass is 501 g/mol. The van der Waals surface area contributed by atoms with Gasteiger partial charge in [-0.15, -0.1) is 0 Å². The molecule has 0 saturated carbocycles. The Hall–Kier alpha value is -2.97. The molecule has 0 bridgehead atoms. The van der Waals surface area contributed by atoms with Crippen LogP contribution >= 0.6 is 11.6 Å². The molecule has 0 unspecified atom stereocenters.